The lowest BCUT2D eigenvalue weighted by Crippen LogP contribution is -2.36. The number of rotatable bonds is 5. The molecule has 2 fully saturated rings. The first-order chi connectivity index (χ1) is 9.74. The molecule has 1 unspecified atom stereocenters. The van der Waals surface area contributed by atoms with Crippen LogP contribution in [-0.4, -0.2) is 48.9 Å². The molecule has 0 radical (unpaired) electrons. The molecule has 0 amide bonds. The number of anilines is 1. The summed E-state index contributed by atoms with van der Waals surface area (Å²) in [6, 6.07) is 0.951. The Morgan fingerprint density at radius 2 is 2.35 bits per heavy atom. The van der Waals surface area contributed by atoms with Gasteiger partial charge in [0.25, 0.3) is 0 Å². The third-order valence-corrected chi connectivity index (χ3v) is 4.71. The van der Waals surface area contributed by atoms with Crippen LogP contribution in [0.3, 0.4) is 0 Å². The molecule has 2 aliphatic heterocycles. The molecule has 3 heterocycles. The maximum absolute atomic E-state index is 5.33. The minimum absolute atomic E-state index is 0.330. The van der Waals surface area contributed by atoms with E-state index in [4.69, 9.17) is 9.72 Å². The van der Waals surface area contributed by atoms with E-state index >= 15 is 0 Å². The van der Waals surface area contributed by atoms with Crippen LogP contribution in [0.4, 0.5) is 5.95 Å². The Morgan fingerprint density at radius 3 is 3.10 bits per heavy atom. The Bertz CT molecular complexity index is 459. The Kier molecular flexibility index (Phi) is 3.98. The Balaban J connectivity index is 1.89. The van der Waals surface area contributed by atoms with Crippen molar-refractivity contribution in [2.24, 2.45) is 5.92 Å². The lowest BCUT2D eigenvalue weighted by molar-refractivity contribution is 0.162. The molecule has 1 aromatic rings. The van der Waals surface area contributed by atoms with Gasteiger partial charge in [-0.2, -0.15) is 0 Å². The van der Waals surface area contributed by atoms with Crippen molar-refractivity contribution in [2.75, 3.05) is 38.3 Å². The molecule has 3 atom stereocenters. The Hall–Kier alpha value is -1.07. The van der Waals surface area contributed by atoms with Crippen molar-refractivity contribution in [3.05, 3.63) is 11.9 Å². The van der Waals surface area contributed by atoms with Crippen LogP contribution in [0.1, 0.15) is 32.0 Å². The summed E-state index contributed by atoms with van der Waals surface area (Å²) < 4.78 is 7.63. The zero-order chi connectivity index (χ0) is 14.1. The van der Waals surface area contributed by atoms with Crippen LogP contribution in [-0.2, 0) is 11.2 Å². The second-order valence-corrected chi connectivity index (χ2v) is 6.07. The fourth-order valence-electron chi connectivity index (χ4n) is 3.56. The highest BCUT2D eigenvalue weighted by Crippen LogP contribution is 2.32. The number of nitrogens with zero attached hydrogens (tertiary/aromatic N) is 3. The molecule has 0 bridgehead atoms. The molecule has 2 aliphatic rings. The Morgan fingerprint density at radius 1 is 1.50 bits per heavy atom. The normalized spacial score (nSPS) is 27.1. The van der Waals surface area contributed by atoms with Crippen molar-refractivity contribution in [3.8, 4) is 0 Å². The summed E-state index contributed by atoms with van der Waals surface area (Å²) >= 11 is 0. The minimum Gasteiger partial charge on any atom is -0.383 e. The van der Waals surface area contributed by atoms with E-state index in [-0.39, 0.29) is 0 Å². The molecular weight excluding hydrogens is 252 g/mol. The third-order valence-electron chi connectivity index (χ3n) is 4.71. The van der Waals surface area contributed by atoms with E-state index in [0.29, 0.717) is 12.1 Å². The maximum Gasteiger partial charge on any atom is 0.206 e. The van der Waals surface area contributed by atoms with Gasteiger partial charge in [-0.1, -0.05) is 6.92 Å². The van der Waals surface area contributed by atoms with Gasteiger partial charge >= 0.3 is 0 Å². The van der Waals surface area contributed by atoms with E-state index < -0.39 is 0 Å². The molecule has 0 aromatic carbocycles. The highest BCUT2D eigenvalue weighted by atomic mass is 16.5. The average Bonchev–Trinajstić information content (AvgIpc) is 3.13. The molecule has 5 heteroatoms. The first-order valence-electron chi connectivity index (χ1n) is 7.78. The number of fused-ring (bicyclic) bond motifs is 1. The van der Waals surface area contributed by atoms with Crippen molar-refractivity contribution in [1.29, 1.82) is 0 Å². The first-order valence-corrected chi connectivity index (χ1v) is 7.78. The summed E-state index contributed by atoms with van der Waals surface area (Å²) in [6.07, 6.45) is 4.47. The molecule has 0 saturated carbocycles. The van der Waals surface area contributed by atoms with E-state index in [1.807, 2.05) is 0 Å². The molecule has 20 heavy (non-hydrogen) atoms. The zero-order valence-electron chi connectivity index (χ0n) is 12.8. The van der Waals surface area contributed by atoms with Crippen LogP contribution >= 0.6 is 0 Å². The second-order valence-electron chi connectivity index (χ2n) is 6.07. The van der Waals surface area contributed by atoms with Crippen LogP contribution in [0, 0.1) is 5.92 Å². The van der Waals surface area contributed by atoms with Gasteiger partial charge < -0.3 is 19.5 Å². The van der Waals surface area contributed by atoms with Crippen LogP contribution < -0.4 is 10.2 Å². The standard InChI is InChI=1S/C15H26N4O/c1-4-13-9-19(11(2)10-20-3)15(17-13)18-6-5-12-7-16-8-14(12)18/h9,11-12,14,16H,4-8,10H2,1-3H3/t11?,12-,14+/m0/s1. The number of imidazole rings is 1. The third kappa shape index (κ3) is 2.33. The van der Waals surface area contributed by atoms with Crippen LogP contribution in [0.5, 0.6) is 0 Å². The first kappa shape index (κ1) is 13.9. The topological polar surface area (TPSA) is 42.3 Å². The van der Waals surface area contributed by atoms with Crippen LogP contribution in [0.15, 0.2) is 6.20 Å². The van der Waals surface area contributed by atoms with E-state index in [1.54, 1.807) is 7.11 Å². The van der Waals surface area contributed by atoms with Crippen molar-refractivity contribution in [3.63, 3.8) is 0 Å². The van der Waals surface area contributed by atoms with Crippen molar-refractivity contribution in [1.82, 2.24) is 14.9 Å². The summed E-state index contributed by atoms with van der Waals surface area (Å²) in [5.74, 6) is 1.94. The number of aromatic nitrogens is 2. The van der Waals surface area contributed by atoms with Gasteiger partial charge in [-0.15, -0.1) is 0 Å². The predicted octanol–water partition coefficient (Wildman–Crippen LogP) is 1.45. The summed E-state index contributed by atoms with van der Waals surface area (Å²) in [6.45, 7) is 8.49. The van der Waals surface area contributed by atoms with Gasteiger partial charge in [-0.25, -0.2) is 4.98 Å². The summed E-state index contributed by atoms with van der Waals surface area (Å²) in [4.78, 5) is 7.39. The van der Waals surface area contributed by atoms with Crippen LogP contribution in [0.2, 0.25) is 0 Å². The molecule has 5 nitrogen and oxygen atoms in total. The highest BCUT2D eigenvalue weighted by molar-refractivity contribution is 5.39. The molecule has 112 valence electrons. The quantitative estimate of drug-likeness (QED) is 0.885. The van der Waals surface area contributed by atoms with E-state index in [2.05, 4.69) is 34.8 Å². The van der Waals surface area contributed by atoms with Crippen LogP contribution in [0.25, 0.3) is 0 Å². The SMILES string of the molecule is CCc1cn(C(C)COC)c(N2CC[C@H]3CNC[C@H]32)n1. The Labute approximate surface area is 121 Å². The predicted molar refractivity (Wildman–Crippen MR) is 80.3 cm³/mol. The number of ether oxygens (including phenoxy) is 1. The lowest BCUT2D eigenvalue weighted by Gasteiger charge is -2.27. The molecule has 1 aromatic heterocycles. The largest absolute Gasteiger partial charge is 0.383 e. The number of methoxy groups -OCH3 is 1. The monoisotopic (exact) mass is 278 g/mol. The van der Waals surface area contributed by atoms with Crippen molar-refractivity contribution < 1.29 is 4.74 Å². The van der Waals surface area contributed by atoms with Gasteiger partial charge in [0.2, 0.25) is 5.95 Å². The molecule has 2 saturated heterocycles. The second kappa shape index (κ2) is 5.74. The van der Waals surface area contributed by atoms with Gasteiger partial charge in [0, 0.05) is 39.0 Å². The molecule has 3 rings (SSSR count). The highest BCUT2D eigenvalue weighted by Gasteiger charge is 2.39. The summed E-state index contributed by atoms with van der Waals surface area (Å²) in [5.41, 5.74) is 1.18. The van der Waals surface area contributed by atoms with Gasteiger partial charge in [0.05, 0.1) is 18.3 Å². The molecule has 0 spiro atoms. The number of hydrogen-bond acceptors (Lipinski definition) is 4. The molecule has 1 N–H and O–H groups in total. The van der Waals surface area contributed by atoms with Crippen molar-refractivity contribution >= 4 is 5.95 Å². The lowest BCUT2D eigenvalue weighted by atomic mass is 10.1. The maximum atomic E-state index is 5.33. The number of nitrogens with one attached hydrogen (secondary N) is 1. The van der Waals surface area contributed by atoms with E-state index in [1.165, 1.54) is 12.1 Å². The fourth-order valence-corrected chi connectivity index (χ4v) is 3.56. The fraction of sp³-hybridized carbons (Fsp3) is 0.800. The van der Waals surface area contributed by atoms with Gasteiger partial charge in [0.1, 0.15) is 0 Å². The molecule has 0 aliphatic carbocycles. The number of hydrogen-bond donors (Lipinski definition) is 1. The van der Waals surface area contributed by atoms with Gasteiger partial charge in [-0.05, 0) is 25.7 Å². The minimum atomic E-state index is 0.330. The van der Waals surface area contributed by atoms with Crippen molar-refractivity contribution in [2.45, 2.75) is 38.8 Å². The average molecular weight is 278 g/mol. The summed E-state index contributed by atoms with van der Waals surface area (Å²) in [7, 11) is 1.76. The van der Waals surface area contributed by atoms with Gasteiger partial charge in [-0.3, -0.25) is 0 Å². The summed E-state index contributed by atoms with van der Waals surface area (Å²) in [5, 5.41) is 3.52. The molecular formula is C15H26N4O. The van der Waals surface area contributed by atoms with Gasteiger partial charge in [0.15, 0.2) is 0 Å². The number of aryl methyl sites for hydroxylation is 1. The smallest absolute Gasteiger partial charge is 0.206 e. The van der Waals surface area contributed by atoms with E-state index in [9.17, 15) is 0 Å². The van der Waals surface area contributed by atoms with E-state index in [0.717, 1.165) is 44.5 Å². The zero-order valence-corrected chi connectivity index (χ0v) is 12.8.